The number of morpholine rings is 1. The molecular weight excluding hydrogens is 184 g/mol. The summed E-state index contributed by atoms with van der Waals surface area (Å²) in [6.07, 6.45) is 0. The van der Waals surface area contributed by atoms with Crippen molar-refractivity contribution in [1.29, 1.82) is 0 Å². The first kappa shape index (κ1) is 9.89. The van der Waals surface area contributed by atoms with E-state index >= 15 is 0 Å². The summed E-state index contributed by atoms with van der Waals surface area (Å²) >= 11 is 0. The first-order chi connectivity index (χ1) is 6.72. The van der Waals surface area contributed by atoms with Crippen LogP contribution in [0.1, 0.15) is 0 Å². The molecule has 2 aliphatic heterocycles. The number of hydrogen-bond donors (Lipinski definition) is 1. The van der Waals surface area contributed by atoms with Gasteiger partial charge in [-0.15, -0.1) is 0 Å². The third kappa shape index (κ3) is 1.89. The molecule has 0 bridgehead atoms. The van der Waals surface area contributed by atoms with Crippen LogP contribution in [0.15, 0.2) is 0 Å². The maximum absolute atomic E-state index is 11.2. The predicted octanol–water partition coefficient (Wildman–Crippen LogP) is -1.17. The smallest absolute Gasteiger partial charge is 0.248 e. The fraction of sp³-hybridized carbons (Fsp3) is 0.889. The molecule has 0 aromatic rings. The van der Waals surface area contributed by atoms with Gasteiger partial charge < -0.3 is 19.7 Å². The molecule has 2 aliphatic rings. The molecule has 1 spiro atoms. The quantitative estimate of drug-likeness (QED) is 0.535. The molecule has 0 aromatic carbocycles. The van der Waals surface area contributed by atoms with Gasteiger partial charge in [-0.3, -0.25) is 4.79 Å². The fourth-order valence-electron chi connectivity index (χ4n) is 1.86. The Kier molecular flexibility index (Phi) is 2.71. The van der Waals surface area contributed by atoms with Crippen molar-refractivity contribution in [3.8, 4) is 0 Å². The highest BCUT2D eigenvalue weighted by molar-refractivity contribution is 5.78. The molecule has 1 amide bonds. The SMILES string of the molecule is CN1C[C@@]2(CNCCOC2)OCC1=O. The van der Waals surface area contributed by atoms with E-state index in [1.165, 1.54) is 0 Å². The third-order valence-electron chi connectivity index (χ3n) is 2.69. The fourth-order valence-corrected chi connectivity index (χ4v) is 1.86. The van der Waals surface area contributed by atoms with Gasteiger partial charge in [0, 0.05) is 20.1 Å². The van der Waals surface area contributed by atoms with Gasteiger partial charge in [-0.05, 0) is 0 Å². The van der Waals surface area contributed by atoms with Gasteiger partial charge in [0.25, 0.3) is 0 Å². The Morgan fingerprint density at radius 3 is 3.21 bits per heavy atom. The first-order valence-corrected chi connectivity index (χ1v) is 4.88. The highest BCUT2D eigenvalue weighted by Crippen LogP contribution is 2.18. The summed E-state index contributed by atoms with van der Waals surface area (Å²) < 4.78 is 11.0. The summed E-state index contributed by atoms with van der Waals surface area (Å²) in [5.74, 6) is 0.0415. The van der Waals surface area contributed by atoms with Crippen LogP contribution in [0.5, 0.6) is 0 Å². The van der Waals surface area contributed by atoms with E-state index in [0.717, 1.165) is 13.1 Å². The number of nitrogens with zero attached hydrogens (tertiary/aromatic N) is 1. The second-order valence-electron chi connectivity index (χ2n) is 3.95. The number of hydrogen-bond acceptors (Lipinski definition) is 4. The summed E-state index contributed by atoms with van der Waals surface area (Å²) in [6.45, 7) is 3.66. The van der Waals surface area contributed by atoms with Crippen LogP contribution in [0.25, 0.3) is 0 Å². The molecule has 0 unspecified atom stereocenters. The second-order valence-corrected chi connectivity index (χ2v) is 3.95. The summed E-state index contributed by atoms with van der Waals surface area (Å²) in [5.41, 5.74) is -0.334. The van der Waals surface area contributed by atoms with Crippen LogP contribution < -0.4 is 5.32 Å². The second kappa shape index (κ2) is 3.84. The van der Waals surface area contributed by atoms with Gasteiger partial charge in [0.15, 0.2) is 0 Å². The highest BCUT2D eigenvalue weighted by Gasteiger charge is 2.39. The lowest BCUT2D eigenvalue weighted by Crippen LogP contribution is -2.59. The molecule has 5 heteroatoms. The number of rotatable bonds is 0. The van der Waals surface area contributed by atoms with E-state index in [9.17, 15) is 4.79 Å². The molecule has 0 radical (unpaired) electrons. The number of amides is 1. The zero-order valence-electron chi connectivity index (χ0n) is 8.41. The average molecular weight is 200 g/mol. The van der Waals surface area contributed by atoms with E-state index in [1.807, 2.05) is 0 Å². The summed E-state index contributed by atoms with van der Waals surface area (Å²) in [7, 11) is 1.80. The van der Waals surface area contributed by atoms with E-state index in [-0.39, 0.29) is 18.1 Å². The molecule has 14 heavy (non-hydrogen) atoms. The Morgan fingerprint density at radius 2 is 2.43 bits per heavy atom. The molecule has 2 heterocycles. The van der Waals surface area contributed by atoms with Crippen molar-refractivity contribution in [2.75, 3.05) is 46.5 Å². The largest absolute Gasteiger partial charge is 0.377 e. The van der Waals surface area contributed by atoms with Crippen LogP contribution in [0.3, 0.4) is 0 Å². The van der Waals surface area contributed by atoms with E-state index in [1.54, 1.807) is 11.9 Å². The van der Waals surface area contributed by atoms with E-state index in [4.69, 9.17) is 9.47 Å². The van der Waals surface area contributed by atoms with E-state index in [2.05, 4.69) is 5.32 Å². The van der Waals surface area contributed by atoms with Gasteiger partial charge in [-0.25, -0.2) is 0 Å². The van der Waals surface area contributed by atoms with Crippen LogP contribution >= 0.6 is 0 Å². The zero-order chi connectivity index (χ0) is 10.0. The Bertz CT molecular complexity index is 224. The number of likely N-dealkylation sites (N-methyl/N-ethyl adjacent to an activating group) is 1. The number of carbonyl (C=O) groups is 1. The Balaban J connectivity index is 2.03. The molecule has 0 saturated carbocycles. The van der Waals surface area contributed by atoms with Crippen molar-refractivity contribution >= 4 is 5.91 Å². The standard InChI is InChI=1S/C9H16N2O3/c1-11-6-9(14-4-8(11)12)5-10-2-3-13-7-9/h10H,2-7H2,1H3/t9-/m1/s1. The van der Waals surface area contributed by atoms with Gasteiger partial charge in [0.1, 0.15) is 12.2 Å². The minimum atomic E-state index is -0.334. The topological polar surface area (TPSA) is 50.8 Å². The van der Waals surface area contributed by atoms with Gasteiger partial charge in [0.05, 0.1) is 19.8 Å². The highest BCUT2D eigenvalue weighted by atomic mass is 16.5. The Labute approximate surface area is 83.3 Å². The zero-order valence-corrected chi connectivity index (χ0v) is 8.41. The molecule has 5 nitrogen and oxygen atoms in total. The van der Waals surface area contributed by atoms with Gasteiger partial charge in [0.2, 0.25) is 5.91 Å². The predicted molar refractivity (Wildman–Crippen MR) is 50.0 cm³/mol. The third-order valence-corrected chi connectivity index (χ3v) is 2.69. The van der Waals surface area contributed by atoms with Crippen molar-refractivity contribution in [1.82, 2.24) is 10.2 Å². The number of nitrogens with one attached hydrogen (secondary N) is 1. The molecule has 0 aliphatic carbocycles. The van der Waals surface area contributed by atoms with Crippen molar-refractivity contribution in [3.63, 3.8) is 0 Å². The molecule has 80 valence electrons. The molecule has 1 atom stereocenters. The number of carbonyl (C=O) groups excluding carboxylic acids is 1. The minimum absolute atomic E-state index is 0.0415. The average Bonchev–Trinajstić information content (AvgIpc) is 2.39. The van der Waals surface area contributed by atoms with Gasteiger partial charge >= 0.3 is 0 Å². The summed E-state index contributed by atoms with van der Waals surface area (Å²) in [4.78, 5) is 13.0. The maximum atomic E-state index is 11.2. The van der Waals surface area contributed by atoms with Crippen LogP contribution in [0.4, 0.5) is 0 Å². The van der Waals surface area contributed by atoms with Crippen molar-refractivity contribution in [3.05, 3.63) is 0 Å². The van der Waals surface area contributed by atoms with Crippen LogP contribution in [-0.2, 0) is 14.3 Å². The lowest BCUT2D eigenvalue weighted by atomic mass is 10.0. The van der Waals surface area contributed by atoms with Crippen LogP contribution in [0.2, 0.25) is 0 Å². The summed E-state index contributed by atoms with van der Waals surface area (Å²) in [6, 6.07) is 0. The van der Waals surface area contributed by atoms with Crippen LogP contribution in [0, 0.1) is 0 Å². The lowest BCUT2D eigenvalue weighted by molar-refractivity contribution is -0.167. The van der Waals surface area contributed by atoms with Gasteiger partial charge in [-0.1, -0.05) is 0 Å². The maximum Gasteiger partial charge on any atom is 0.248 e. The minimum Gasteiger partial charge on any atom is -0.377 e. The Morgan fingerprint density at radius 1 is 1.57 bits per heavy atom. The van der Waals surface area contributed by atoms with Crippen molar-refractivity contribution in [2.45, 2.75) is 5.60 Å². The summed E-state index contributed by atoms with van der Waals surface area (Å²) in [5, 5.41) is 3.26. The molecule has 0 aromatic heterocycles. The molecule has 2 rings (SSSR count). The van der Waals surface area contributed by atoms with Crippen molar-refractivity contribution in [2.24, 2.45) is 0 Å². The lowest BCUT2D eigenvalue weighted by Gasteiger charge is -2.39. The van der Waals surface area contributed by atoms with E-state index < -0.39 is 0 Å². The molecule has 2 saturated heterocycles. The van der Waals surface area contributed by atoms with Gasteiger partial charge in [-0.2, -0.15) is 0 Å². The molecule has 2 fully saturated rings. The van der Waals surface area contributed by atoms with Crippen LogP contribution in [-0.4, -0.2) is 62.9 Å². The monoisotopic (exact) mass is 200 g/mol. The molecule has 1 N–H and O–H groups in total. The first-order valence-electron chi connectivity index (χ1n) is 4.88. The Hall–Kier alpha value is -0.650. The molecular formula is C9H16N2O3. The number of ether oxygens (including phenoxy) is 2. The normalized spacial score (nSPS) is 34.6. The van der Waals surface area contributed by atoms with Crippen molar-refractivity contribution < 1.29 is 14.3 Å². The van der Waals surface area contributed by atoms with E-state index in [0.29, 0.717) is 19.8 Å².